The molecule has 0 aromatic heterocycles. The molecule has 0 aromatic rings. The molecule has 2 aliphatic rings. The van der Waals surface area contributed by atoms with Gasteiger partial charge in [-0.05, 0) is 19.9 Å². The van der Waals surface area contributed by atoms with Crippen molar-refractivity contribution in [2.45, 2.75) is 18.9 Å². The van der Waals surface area contributed by atoms with Gasteiger partial charge in [-0.1, -0.05) is 0 Å². The number of likely N-dealkylation sites (N-methyl/N-ethyl adjacent to an activating group) is 1. The second-order valence-electron chi connectivity index (χ2n) is 5.66. The Balaban J connectivity index is 1.68. The lowest BCUT2D eigenvalue weighted by Gasteiger charge is -2.32. The minimum absolute atomic E-state index is 0.0363. The summed E-state index contributed by atoms with van der Waals surface area (Å²) in [4.78, 5) is 29.6. The molecule has 0 spiro atoms. The summed E-state index contributed by atoms with van der Waals surface area (Å²) in [5.41, 5.74) is 0. The molecule has 21 heavy (non-hydrogen) atoms. The first-order valence-electron chi connectivity index (χ1n) is 7.48. The normalized spacial score (nSPS) is 23.1. The van der Waals surface area contributed by atoms with E-state index in [0.29, 0.717) is 6.54 Å². The van der Waals surface area contributed by atoms with Crippen LogP contribution < -0.4 is 5.32 Å². The first kappa shape index (κ1) is 15.7. The van der Waals surface area contributed by atoms with Crippen LogP contribution in [-0.2, 0) is 9.59 Å². The molecule has 2 aliphatic heterocycles. The third-order valence-corrected chi connectivity index (χ3v) is 4.13. The zero-order chi connectivity index (χ0) is 15.2. The standard InChI is InChI=1S/C14H23N5O2/c1-17-5-7-18(8-6-17)13(20)10-16-11-14(21)19-4-2-3-12(19)9-15/h12,16H,2-8,10-11H2,1H3/t12-/m0/s1. The summed E-state index contributed by atoms with van der Waals surface area (Å²) in [6.45, 7) is 4.22. The van der Waals surface area contributed by atoms with E-state index in [1.807, 2.05) is 11.9 Å². The molecule has 1 N–H and O–H groups in total. The van der Waals surface area contributed by atoms with E-state index in [1.54, 1.807) is 4.90 Å². The molecule has 2 fully saturated rings. The molecule has 7 heteroatoms. The number of carbonyl (C=O) groups is 2. The Morgan fingerprint density at radius 3 is 2.48 bits per heavy atom. The van der Waals surface area contributed by atoms with E-state index in [1.165, 1.54) is 0 Å². The molecule has 2 rings (SSSR count). The first-order valence-corrected chi connectivity index (χ1v) is 7.48. The molecule has 1 atom stereocenters. The Labute approximate surface area is 125 Å². The Morgan fingerprint density at radius 1 is 1.14 bits per heavy atom. The average Bonchev–Trinajstić information content (AvgIpc) is 2.96. The van der Waals surface area contributed by atoms with E-state index in [4.69, 9.17) is 5.26 Å². The number of nitrogens with one attached hydrogen (secondary N) is 1. The Kier molecular flexibility index (Phi) is 5.53. The summed E-state index contributed by atoms with van der Waals surface area (Å²) in [6, 6.07) is 1.85. The molecule has 2 heterocycles. The lowest BCUT2D eigenvalue weighted by atomic mass is 10.2. The summed E-state index contributed by atoms with van der Waals surface area (Å²) >= 11 is 0. The van der Waals surface area contributed by atoms with Gasteiger partial charge in [0, 0.05) is 32.7 Å². The molecule has 0 aromatic carbocycles. The van der Waals surface area contributed by atoms with Crippen LogP contribution in [0.15, 0.2) is 0 Å². The van der Waals surface area contributed by atoms with Crippen molar-refractivity contribution in [1.82, 2.24) is 20.0 Å². The fourth-order valence-electron chi connectivity index (χ4n) is 2.74. The number of carbonyl (C=O) groups excluding carboxylic acids is 2. The molecular formula is C14H23N5O2. The predicted molar refractivity (Wildman–Crippen MR) is 77.3 cm³/mol. The van der Waals surface area contributed by atoms with Crippen LogP contribution >= 0.6 is 0 Å². The highest BCUT2D eigenvalue weighted by molar-refractivity contribution is 5.81. The largest absolute Gasteiger partial charge is 0.339 e. The van der Waals surface area contributed by atoms with E-state index in [2.05, 4.69) is 16.3 Å². The van der Waals surface area contributed by atoms with Crippen LogP contribution in [0.25, 0.3) is 0 Å². The zero-order valence-corrected chi connectivity index (χ0v) is 12.5. The average molecular weight is 293 g/mol. The second-order valence-corrected chi connectivity index (χ2v) is 5.66. The summed E-state index contributed by atoms with van der Waals surface area (Å²) in [5.74, 6) is -0.0561. The predicted octanol–water partition coefficient (Wildman–Crippen LogP) is -1.14. The van der Waals surface area contributed by atoms with E-state index in [-0.39, 0.29) is 30.9 Å². The van der Waals surface area contributed by atoms with Gasteiger partial charge in [0.25, 0.3) is 0 Å². The highest BCUT2D eigenvalue weighted by Crippen LogP contribution is 2.15. The summed E-state index contributed by atoms with van der Waals surface area (Å²) in [7, 11) is 2.04. The van der Waals surface area contributed by atoms with Crippen LogP contribution in [0.2, 0.25) is 0 Å². The number of rotatable bonds is 4. The van der Waals surface area contributed by atoms with Crippen LogP contribution in [0, 0.1) is 11.3 Å². The van der Waals surface area contributed by atoms with Crippen molar-refractivity contribution in [3.63, 3.8) is 0 Å². The molecule has 0 unspecified atom stereocenters. The maximum Gasteiger partial charge on any atom is 0.237 e. The summed E-state index contributed by atoms with van der Waals surface area (Å²) < 4.78 is 0. The monoisotopic (exact) mass is 293 g/mol. The Hall–Kier alpha value is -1.65. The van der Waals surface area contributed by atoms with Crippen LogP contribution in [-0.4, -0.2) is 85.4 Å². The van der Waals surface area contributed by atoms with Crippen molar-refractivity contribution in [3.8, 4) is 6.07 Å². The van der Waals surface area contributed by atoms with E-state index >= 15 is 0 Å². The number of piperazine rings is 1. The van der Waals surface area contributed by atoms with Crippen LogP contribution in [0.4, 0.5) is 0 Å². The number of likely N-dealkylation sites (tertiary alicyclic amines) is 1. The molecule has 0 bridgehead atoms. The Bertz CT molecular complexity index is 426. The highest BCUT2D eigenvalue weighted by atomic mass is 16.2. The van der Waals surface area contributed by atoms with Crippen LogP contribution in [0.3, 0.4) is 0 Å². The molecule has 116 valence electrons. The van der Waals surface area contributed by atoms with E-state index < -0.39 is 0 Å². The Morgan fingerprint density at radius 2 is 1.81 bits per heavy atom. The van der Waals surface area contributed by atoms with Gasteiger partial charge < -0.3 is 14.7 Å². The molecule has 7 nitrogen and oxygen atoms in total. The molecule has 0 radical (unpaired) electrons. The quantitative estimate of drug-likeness (QED) is 0.709. The zero-order valence-electron chi connectivity index (χ0n) is 12.5. The van der Waals surface area contributed by atoms with Gasteiger partial charge in [0.05, 0.1) is 19.2 Å². The van der Waals surface area contributed by atoms with Crippen molar-refractivity contribution in [1.29, 1.82) is 5.26 Å². The van der Waals surface area contributed by atoms with Crippen molar-refractivity contribution in [2.24, 2.45) is 0 Å². The van der Waals surface area contributed by atoms with Crippen LogP contribution in [0.5, 0.6) is 0 Å². The van der Waals surface area contributed by atoms with Crippen molar-refractivity contribution in [3.05, 3.63) is 0 Å². The molecular weight excluding hydrogens is 270 g/mol. The molecule has 0 saturated carbocycles. The van der Waals surface area contributed by atoms with E-state index in [0.717, 1.165) is 39.0 Å². The van der Waals surface area contributed by atoms with Gasteiger partial charge in [-0.15, -0.1) is 0 Å². The SMILES string of the molecule is CN1CCN(C(=O)CNCC(=O)N2CCC[C@H]2C#N)CC1. The molecule has 2 saturated heterocycles. The van der Waals surface area contributed by atoms with Crippen molar-refractivity contribution >= 4 is 11.8 Å². The minimum Gasteiger partial charge on any atom is -0.339 e. The maximum atomic E-state index is 12.0. The summed E-state index contributed by atoms with van der Waals surface area (Å²) in [5, 5.41) is 11.9. The van der Waals surface area contributed by atoms with E-state index in [9.17, 15) is 9.59 Å². The lowest BCUT2D eigenvalue weighted by Crippen LogP contribution is -2.50. The molecule has 2 amide bonds. The fourth-order valence-corrected chi connectivity index (χ4v) is 2.74. The number of nitriles is 1. The number of hydrogen-bond donors (Lipinski definition) is 1. The van der Waals surface area contributed by atoms with Gasteiger partial charge in [-0.3, -0.25) is 14.9 Å². The minimum atomic E-state index is -0.298. The topological polar surface area (TPSA) is 79.7 Å². The third kappa shape index (κ3) is 4.16. The lowest BCUT2D eigenvalue weighted by molar-refractivity contribution is -0.132. The van der Waals surface area contributed by atoms with Crippen molar-refractivity contribution < 1.29 is 9.59 Å². The smallest absolute Gasteiger partial charge is 0.237 e. The number of hydrogen-bond acceptors (Lipinski definition) is 5. The van der Waals surface area contributed by atoms with Gasteiger partial charge in [-0.2, -0.15) is 5.26 Å². The molecule has 0 aliphatic carbocycles. The van der Waals surface area contributed by atoms with Gasteiger partial charge in [0.2, 0.25) is 11.8 Å². The summed E-state index contributed by atoms with van der Waals surface area (Å²) in [6.07, 6.45) is 1.63. The van der Waals surface area contributed by atoms with Crippen LogP contribution in [0.1, 0.15) is 12.8 Å². The first-order chi connectivity index (χ1) is 10.1. The maximum absolute atomic E-state index is 12.0. The number of nitrogens with zero attached hydrogens (tertiary/aromatic N) is 4. The number of amides is 2. The fraction of sp³-hybridized carbons (Fsp3) is 0.786. The van der Waals surface area contributed by atoms with Crippen molar-refractivity contribution in [2.75, 3.05) is 52.9 Å². The van der Waals surface area contributed by atoms with Gasteiger partial charge in [0.1, 0.15) is 6.04 Å². The third-order valence-electron chi connectivity index (χ3n) is 4.13. The highest BCUT2D eigenvalue weighted by Gasteiger charge is 2.28. The van der Waals surface area contributed by atoms with Gasteiger partial charge >= 0.3 is 0 Å². The second kappa shape index (κ2) is 7.38. The van der Waals surface area contributed by atoms with Gasteiger partial charge in [-0.25, -0.2) is 0 Å². The van der Waals surface area contributed by atoms with Gasteiger partial charge in [0.15, 0.2) is 0 Å².